The number of carbonyl (C=O) groups is 2. The van der Waals surface area contributed by atoms with Crippen molar-refractivity contribution in [2.75, 3.05) is 6.61 Å². The molecule has 32 heavy (non-hydrogen) atoms. The molecule has 1 aliphatic rings. The van der Waals surface area contributed by atoms with E-state index in [1.54, 1.807) is 67.1 Å². The highest BCUT2D eigenvalue weighted by Crippen LogP contribution is 2.40. The van der Waals surface area contributed by atoms with E-state index in [0.29, 0.717) is 29.2 Å². The molecular weight excluding hydrogens is 406 g/mol. The maximum Gasteiger partial charge on any atom is 0.296 e. The second kappa shape index (κ2) is 9.43. The molecule has 7 heteroatoms. The van der Waals surface area contributed by atoms with Gasteiger partial charge in [-0.3, -0.25) is 19.6 Å². The average molecular weight is 429 g/mol. The summed E-state index contributed by atoms with van der Waals surface area (Å²) in [7, 11) is 0. The normalized spacial score (nSPS) is 17.5. The number of pyridine rings is 2. The Hall–Kier alpha value is -4.00. The Bertz CT molecular complexity index is 1150. The van der Waals surface area contributed by atoms with Crippen molar-refractivity contribution >= 4 is 17.4 Å². The maximum atomic E-state index is 13.1. The first-order chi connectivity index (χ1) is 15.6. The fourth-order valence-corrected chi connectivity index (χ4v) is 3.70. The van der Waals surface area contributed by atoms with Crippen LogP contribution in [0, 0.1) is 0 Å². The molecule has 3 heterocycles. The van der Waals surface area contributed by atoms with Crippen LogP contribution < -0.4 is 4.74 Å². The van der Waals surface area contributed by atoms with Crippen LogP contribution in [0.4, 0.5) is 0 Å². The molecule has 1 unspecified atom stereocenters. The number of aliphatic hydroxyl groups is 1. The molecule has 1 N–H and O–H groups in total. The Labute approximate surface area is 186 Å². The monoisotopic (exact) mass is 429 g/mol. The molecule has 162 valence electrons. The zero-order chi connectivity index (χ0) is 22.5. The van der Waals surface area contributed by atoms with Crippen LogP contribution in [0.1, 0.15) is 36.2 Å². The van der Waals surface area contributed by atoms with Gasteiger partial charge in [0.2, 0.25) is 0 Å². The van der Waals surface area contributed by atoms with Gasteiger partial charge in [-0.1, -0.05) is 31.2 Å². The summed E-state index contributed by atoms with van der Waals surface area (Å²) in [6.07, 6.45) is 5.68. The molecule has 1 fully saturated rings. The lowest BCUT2D eigenvalue weighted by Crippen LogP contribution is -2.29. The number of likely N-dealkylation sites (tertiary alicyclic amines) is 1. The smallest absolute Gasteiger partial charge is 0.296 e. The van der Waals surface area contributed by atoms with E-state index in [4.69, 9.17) is 4.74 Å². The van der Waals surface area contributed by atoms with Crippen LogP contribution in [0.15, 0.2) is 78.8 Å². The van der Waals surface area contributed by atoms with Gasteiger partial charge in [0.25, 0.3) is 11.7 Å². The standard InChI is InChI=1S/C25H23N3O4/c1-2-13-32-20-10-5-7-17(14-20)23(29)21-22(18-8-6-11-26-15-18)28(25(31)24(21)30)16-19-9-3-4-12-27-19/h3-12,14-15,22,29H,2,13,16H2,1H3/b23-21-. The largest absolute Gasteiger partial charge is 0.507 e. The fourth-order valence-electron chi connectivity index (χ4n) is 3.70. The van der Waals surface area contributed by atoms with E-state index in [1.807, 2.05) is 13.0 Å². The second-order valence-electron chi connectivity index (χ2n) is 7.41. The topological polar surface area (TPSA) is 92.6 Å². The zero-order valence-corrected chi connectivity index (χ0v) is 17.6. The Morgan fingerprint density at radius 1 is 1.09 bits per heavy atom. The highest BCUT2D eigenvalue weighted by Gasteiger charge is 2.46. The van der Waals surface area contributed by atoms with Crippen LogP contribution in [-0.4, -0.2) is 38.3 Å². The van der Waals surface area contributed by atoms with Crippen molar-refractivity contribution in [3.8, 4) is 5.75 Å². The number of ketones is 1. The third-order valence-corrected chi connectivity index (χ3v) is 5.18. The van der Waals surface area contributed by atoms with E-state index in [1.165, 1.54) is 4.90 Å². The Morgan fingerprint density at radius 3 is 2.69 bits per heavy atom. The van der Waals surface area contributed by atoms with E-state index < -0.39 is 17.7 Å². The maximum absolute atomic E-state index is 13.1. The van der Waals surface area contributed by atoms with Crippen molar-refractivity contribution in [2.45, 2.75) is 25.9 Å². The lowest BCUT2D eigenvalue weighted by Gasteiger charge is -2.24. The van der Waals surface area contributed by atoms with Gasteiger partial charge >= 0.3 is 0 Å². The number of benzene rings is 1. The van der Waals surface area contributed by atoms with E-state index in [9.17, 15) is 14.7 Å². The lowest BCUT2D eigenvalue weighted by atomic mass is 9.96. The molecule has 0 spiro atoms. The Kier molecular flexibility index (Phi) is 6.26. The van der Waals surface area contributed by atoms with E-state index in [-0.39, 0.29) is 17.9 Å². The van der Waals surface area contributed by atoms with Crippen molar-refractivity contribution in [3.05, 3.63) is 95.6 Å². The molecule has 3 aromatic rings. The highest BCUT2D eigenvalue weighted by atomic mass is 16.5. The summed E-state index contributed by atoms with van der Waals surface area (Å²) in [5, 5.41) is 11.2. The predicted octanol–water partition coefficient (Wildman–Crippen LogP) is 3.89. The van der Waals surface area contributed by atoms with Crippen LogP contribution >= 0.6 is 0 Å². The number of Topliss-reactive ketones (excluding diaryl/α,β-unsaturated/α-hetero) is 1. The Balaban J connectivity index is 1.80. The molecule has 0 aliphatic carbocycles. The summed E-state index contributed by atoms with van der Waals surface area (Å²) in [5.74, 6) is -1.10. The minimum Gasteiger partial charge on any atom is -0.507 e. The molecule has 1 atom stereocenters. The van der Waals surface area contributed by atoms with Crippen LogP contribution in [0.3, 0.4) is 0 Å². The molecule has 1 amide bonds. The quantitative estimate of drug-likeness (QED) is 0.348. The van der Waals surface area contributed by atoms with Gasteiger partial charge in [0, 0.05) is 24.2 Å². The number of hydrogen-bond acceptors (Lipinski definition) is 6. The average Bonchev–Trinajstić information content (AvgIpc) is 3.08. The van der Waals surface area contributed by atoms with E-state index in [0.717, 1.165) is 6.42 Å². The third-order valence-electron chi connectivity index (χ3n) is 5.18. The summed E-state index contributed by atoms with van der Waals surface area (Å²) in [6.45, 7) is 2.66. The SMILES string of the molecule is CCCOc1cccc(/C(O)=C2/C(=O)C(=O)N(Cc3ccccn3)C2c2cccnc2)c1. The van der Waals surface area contributed by atoms with Gasteiger partial charge in [0.1, 0.15) is 11.5 Å². The van der Waals surface area contributed by atoms with E-state index >= 15 is 0 Å². The summed E-state index contributed by atoms with van der Waals surface area (Å²) >= 11 is 0. The molecule has 0 bridgehead atoms. The molecule has 1 aliphatic heterocycles. The van der Waals surface area contributed by atoms with Gasteiger partial charge in [0.15, 0.2) is 0 Å². The summed E-state index contributed by atoms with van der Waals surface area (Å²) in [6, 6.07) is 15.0. The van der Waals surface area contributed by atoms with Gasteiger partial charge in [0.05, 0.1) is 30.5 Å². The first-order valence-electron chi connectivity index (χ1n) is 10.4. The summed E-state index contributed by atoms with van der Waals surface area (Å²) in [4.78, 5) is 35.9. The number of nitrogens with zero attached hydrogens (tertiary/aromatic N) is 3. The van der Waals surface area contributed by atoms with E-state index in [2.05, 4.69) is 9.97 Å². The van der Waals surface area contributed by atoms with Gasteiger partial charge < -0.3 is 14.7 Å². The van der Waals surface area contributed by atoms with Crippen LogP contribution in [0.2, 0.25) is 0 Å². The minimum atomic E-state index is -0.786. The summed E-state index contributed by atoms with van der Waals surface area (Å²) < 4.78 is 5.65. The zero-order valence-electron chi connectivity index (χ0n) is 17.6. The van der Waals surface area contributed by atoms with Crippen LogP contribution in [0.25, 0.3) is 5.76 Å². The first-order valence-corrected chi connectivity index (χ1v) is 10.4. The second-order valence-corrected chi connectivity index (χ2v) is 7.41. The Morgan fingerprint density at radius 2 is 1.97 bits per heavy atom. The predicted molar refractivity (Wildman–Crippen MR) is 119 cm³/mol. The molecular formula is C25H23N3O4. The minimum absolute atomic E-state index is 0.0200. The number of aromatic nitrogens is 2. The number of ether oxygens (including phenoxy) is 1. The van der Waals surface area contributed by atoms with Crippen molar-refractivity contribution in [1.82, 2.24) is 14.9 Å². The van der Waals surface area contributed by atoms with Crippen LogP contribution in [0.5, 0.6) is 5.75 Å². The first kappa shape index (κ1) is 21.2. The van der Waals surface area contributed by atoms with Gasteiger partial charge in [-0.05, 0) is 42.3 Å². The van der Waals surface area contributed by atoms with Gasteiger partial charge in [-0.15, -0.1) is 0 Å². The molecule has 7 nitrogen and oxygen atoms in total. The summed E-state index contributed by atoms with van der Waals surface area (Å²) in [5.41, 5.74) is 1.69. The molecule has 4 rings (SSSR count). The van der Waals surface area contributed by atoms with Crippen molar-refractivity contribution in [2.24, 2.45) is 0 Å². The number of amides is 1. The number of rotatable bonds is 7. The molecule has 1 aromatic carbocycles. The molecule has 1 saturated heterocycles. The molecule has 2 aromatic heterocycles. The molecule has 0 saturated carbocycles. The third kappa shape index (κ3) is 4.23. The fraction of sp³-hybridized carbons (Fsp3) is 0.200. The van der Waals surface area contributed by atoms with Gasteiger partial charge in [-0.2, -0.15) is 0 Å². The number of hydrogen-bond donors (Lipinski definition) is 1. The van der Waals surface area contributed by atoms with Crippen molar-refractivity contribution in [3.63, 3.8) is 0 Å². The van der Waals surface area contributed by atoms with Crippen molar-refractivity contribution < 1.29 is 19.4 Å². The number of carbonyl (C=O) groups excluding carboxylic acids is 2. The van der Waals surface area contributed by atoms with Crippen LogP contribution in [-0.2, 0) is 16.1 Å². The highest BCUT2D eigenvalue weighted by molar-refractivity contribution is 6.46. The van der Waals surface area contributed by atoms with Gasteiger partial charge in [-0.25, -0.2) is 0 Å². The lowest BCUT2D eigenvalue weighted by molar-refractivity contribution is -0.140. The molecule has 0 radical (unpaired) electrons. The number of aliphatic hydroxyl groups excluding tert-OH is 1. The van der Waals surface area contributed by atoms with Crippen molar-refractivity contribution in [1.29, 1.82) is 0 Å².